The summed E-state index contributed by atoms with van der Waals surface area (Å²) in [5, 5.41) is 0. The highest BCUT2D eigenvalue weighted by molar-refractivity contribution is 7.46. The molecule has 47 heavy (non-hydrogen) atoms. The predicted molar refractivity (Wildman–Crippen MR) is 189 cm³/mol. The fraction of sp³-hybridized carbons (Fsp3) is 0.649. The van der Waals surface area contributed by atoms with Crippen LogP contribution in [0.3, 0.4) is 0 Å². The van der Waals surface area contributed by atoms with E-state index in [0.29, 0.717) is 25.7 Å². The quantitative estimate of drug-likeness (QED) is 0.0183. The normalized spacial score (nSPS) is 13.1. The Morgan fingerprint density at radius 1 is 0.617 bits per heavy atom. The van der Waals surface area contributed by atoms with Crippen molar-refractivity contribution in [3.63, 3.8) is 0 Å². The molecule has 0 heterocycles. The van der Waals surface area contributed by atoms with E-state index in [1.54, 1.807) is 12.2 Å². The lowest BCUT2D eigenvalue weighted by atomic mass is 10.1. The van der Waals surface area contributed by atoms with Crippen molar-refractivity contribution in [2.45, 2.75) is 142 Å². The lowest BCUT2D eigenvalue weighted by molar-refractivity contribution is -0.161. The molecule has 9 nitrogen and oxygen atoms in total. The third-order valence-electron chi connectivity index (χ3n) is 6.99. The molecule has 0 saturated carbocycles. The summed E-state index contributed by atoms with van der Waals surface area (Å²) in [5.41, 5.74) is 0. The second-order valence-electron chi connectivity index (χ2n) is 11.5. The van der Waals surface area contributed by atoms with Gasteiger partial charge in [-0.1, -0.05) is 113 Å². The summed E-state index contributed by atoms with van der Waals surface area (Å²) in [4.78, 5) is 54.2. The summed E-state index contributed by atoms with van der Waals surface area (Å²) in [5.74, 6) is -0.839. The van der Waals surface area contributed by atoms with E-state index in [0.717, 1.165) is 70.6 Å². The van der Waals surface area contributed by atoms with E-state index in [4.69, 9.17) is 19.3 Å². The van der Waals surface area contributed by atoms with Gasteiger partial charge in [-0.25, -0.2) is 4.57 Å². The number of phosphoric acid groups is 1. The molecule has 0 rings (SSSR count). The van der Waals surface area contributed by atoms with Crippen LogP contribution >= 0.6 is 7.82 Å². The molecule has 0 aromatic rings. The van der Waals surface area contributed by atoms with Gasteiger partial charge in [-0.15, -0.1) is 0 Å². The SMILES string of the molecule is CCCC/C=C\CCCCCCCC(=O)O[C@H](COC(=O)CCC/C=C\C/C=C\C/C=C\C=C\C(=O)CCCCC)COP(=O)(O)O. The van der Waals surface area contributed by atoms with Crippen molar-refractivity contribution in [1.29, 1.82) is 0 Å². The van der Waals surface area contributed by atoms with Gasteiger partial charge >= 0.3 is 19.8 Å². The maximum absolute atomic E-state index is 12.3. The Hall–Kier alpha value is -2.58. The van der Waals surface area contributed by atoms with Crippen molar-refractivity contribution in [2.24, 2.45) is 0 Å². The van der Waals surface area contributed by atoms with Crippen LogP contribution in [0.5, 0.6) is 0 Å². The Kier molecular flexibility index (Phi) is 30.2. The van der Waals surface area contributed by atoms with Crippen LogP contribution in [0, 0.1) is 0 Å². The van der Waals surface area contributed by atoms with E-state index in [9.17, 15) is 18.9 Å². The number of allylic oxidation sites excluding steroid dienone is 10. The van der Waals surface area contributed by atoms with E-state index in [-0.39, 0.29) is 25.2 Å². The second-order valence-corrected chi connectivity index (χ2v) is 12.8. The Morgan fingerprint density at radius 2 is 1.19 bits per heavy atom. The molecule has 1 atom stereocenters. The molecule has 0 aromatic heterocycles. The van der Waals surface area contributed by atoms with Crippen LogP contribution in [0.4, 0.5) is 0 Å². The van der Waals surface area contributed by atoms with Crippen LogP contribution < -0.4 is 0 Å². The summed E-state index contributed by atoms with van der Waals surface area (Å²) in [6, 6.07) is 0. The average molecular weight is 681 g/mol. The predicted octanol–water partition coefficient (Wildman–Crippen LogP) is 9.35. The van der Waals surface area contributed by atoms with Crippen LogP contribution in [-0.4, -0.2) is 46.8 Å². The second kappa shape index (κ2) is 32.0. The Morgan fingerprint density at radius 3 is 1.91 bits per heavy atom. The van der Waals surface area contributed by atoms with Crippen molar-refractivity contribution in [2.75, 3.05) is 13.2 Å². The number of ether oxygens (including phenoxy) is 2. The standard InChI is InChI=1S/C37H61O9P/c1-3-5-7-8-9-10-12-17-20-23-27-31-37(40)46-35(33-45-47(41,42)43)32-44-36(39)30-26-22-19-16-14-11-13-15-18-21-25-29-34(38)28-24-6-4-2/h8-9,11,13,16,18-19,21,25,29,35H,3-7,10,12,14-15,17,20,22-24,26-28,30-33H2,1-2H3,(H2,41,42,43)/b9-8-,13-11-,19-16-,21-18-,29-25+/t35-/m1/s1. The third kappa shape index (κ3) is 34.6. The van der Waals surface area contributed by atoms with E-state index >= 15 is 0 Å². The van der Waals surface area contributed by atoms with Crippen molar-refractivity contribution in [3.8, 4) is 0 Å². The molecule has 268 valence electrons. The fourth-order valence-corrected chi connectivity index (χ4v) is 4.66. The maximum Gasteiger partial charge on any atom is 0.469 e. The highest BCUT2D eigenvalue weighted by Gasteiger charge is 2.22. The van der Waals surface area contributed by atoms with Gasteiger partial charge in [-0.3, -0.25) is 18.9 Å². The first-order chi connectivity index (χ1) is 22.7. The first-order valence-corrected chi connectivity index (χ1v) is 19.1. The smallest absolute Gasteiger partial charge is 0.462 e. The Balaban J connectivity index is 4.17. The van der Waals surface area contributed by atoms with Gasteiger partial charge in [0.25, 0.3) is 0 Å². The molecular weight excluding hydrogens is 619 g/mol. The highest BCUT2D eigenvalue weighted by atomic mass is 31.2. The third-order valence-corrected chi connectivity index (χ3v) is 7.47. The number of carbonyl (C=O) groups excluding carboxylic acids is 3. The molecular formula is C37H61O9P. The summed E-state index contributed by atoms with van der Waals surface area (Å²) in [7, 11) is -4.77. The number of rotatable bonds is 31. The lowest BCUT2D eigenvalue weighted by Crippen LogP contribution is -2.29. The zero-order chi connectivity index (χ0) is 34.9. The fourth-order valence-electron chi connectivity index (χ4n) is 4.30. The molecule has 0 aliphatic carbocycles. The van der Waals surface area contributed by atoms with Crippen LogP contribution in [0.25, 0.3) is 0 Å². The van der Waals surface area contributed by atoms with E-state index in [1.165, 1.54) is 12.8 Å². The lowest BCUT2D eigenvalue weighted by Gasteiger charge is -2.18. The molecule has 0 amide bonds. The van der Waals surface area contributed by atoms with Gasteiger partial charge in [0.1, 0.15) is 6.61 Å². The number of phosphoric ester groups is 1. The highest BCUT2D eigenvalue weighted by Crippen LogP contribution is 2.35. The first-order valence-electron chi connectivity index (χ1n) is 17.5. The molecule has 0 aromatic carbocycles. The van der Waals surface area contributed by atoms with Gasteiger partial charge in [0.15, 0.2) is 11.9 Å². The molecule has 10 heteroatoms. The van der Waals surface area contributed by atoms with Crippen LogP contribution in [0.15, 0.2) is 60.8 Å². The monoisotopic (exact) mass is 680 g/mol. The number of carbonyl (C=O) groups is 3. The van der Waals surface area contributed by atoms with E-state index in [2.05, 4.69) is 30.5 Å². The molecule has 2 N–H and O–H groups in total. The van der Waals surface area contributed by atoms with Crippen LogP contribution in [0.2, 0.25) is 0 Å². The number of unbranched alkanes of at least 4 members (excludes halogenated alkanes) is 10. The molecule has 0 bridgehead atoms. The molecule has 0 unspecified atom stereocenters. The number of hydrogen-bond acceptors (Lipinski definition) is 7. The van der Waals surface area contributed by atoms with Gasteiger partial charge in [0, 0.05) is 19.3 Å². The van der Waals surface area contributed by atoms with Crippen molar-refractivity contribution >= 4 is 25.5 Å². The van der Waals surface area contributed by atoms with Crippen LogP contribution in [0.1, 0.15) is 136 Å². The molecule has 0 spiro atoms. The van der Waals surface area contributed by atoms with E-state index in [1.807, 2.05) is 36.5 Å². The van der Waals surface area contributed by atoms with Crippen molar-refractivity contribution in [1.82, 2.24) is 0 Å². The summed E-state index contributed by atoms with van der Waals surface area (Å²) < 4.78 is 26.1. The average Bonchev–Trinajstić information content (AvgIpc) is 3.03. The van der Waals surface area contributed by atoms with E-state index < -0.39 is 32.5 Å². The van der Waals surface area contributed by atoms with Crippen LogP contribution in [-0.2, 0) is 32.9 Å². The van der Waals surface area contributed by atoms with Gasteiger partial charge in [0.2, 0.25) is 0 Å². The number of hydrogen-bond donors (Lipinski definition) is 2. The molecule has 0 aliphatic heterocycles. The molecule has 0 radical (unpaired) electrons. The summed E-state index contributed by atoms with van der Waals surface area (Å²) in [6.45, 7) is 3.39. The maximum atomic E-state index is 12.3. The minimum atomic E-state index is -4.77. The molecule has 0 fully saturated rings. The Labute approximate surface area is 283 Å². The minimum Gasteiger partial charge on any atom is -0.462 e. The largest absolute Gasteiger partial charge is 0.469 e. The zero-order valence-electron chi connectivity index (χ0n) is 28.9. The van der Waals surface area contributed by atoms with Gasteiger partial charge in [-0.05, 0) is 63.9 Å². The van der Waals surface area contributed by atoms with Gasteiger partial charge in [0.05, 0.1) is 6.61 Å². The molecule has 0 aliphatic rings. The topological polar surface area (TPSA) is 136 Å². The molecule has 0 saturated heterocycles. The van der Waals surface area contributed by atoms with Crippen molar-refractivity contribution in [3.05, 3.63) is 60.8 Å². The first kappa shape index (κ1) is 44.4. The minimum absolute atomic E-state index is 0.161. The van der Waals surface area contributed by atoms with Crippen molar-refractivity contribution < 1.29 is 42.7 Å². The summed E-state index contributed by atoms with van der Waals surface area (Å²) in [6.07, 6.45) is 35.1. The number of esters is 2. The Bertz CT molecular complexity index is 1010. The zero-order valence-corrected chi connectivity index (χ0v) is 29.8. The summed E-state index contributed by atoms with van der Waals surface area (Å²) >= 11 is 0. The van der Waals surface area contributed by atoms with Gasteiger partial charge in [-0.2, -0.15) is 0 Å². The van der Waals surface area contributed by atoms with Gasteiger partial charge < -0.3 is 19.3 Å². The number of ketones is 1.